The van der Waals surface area contributed by atoms with Crippen molar-refractivity contribution in [1.82, 2.24) is 0 Å². The molecule has 0 aliphatic carbocycles. The summed E-state index contributed by atoms with van der Waals surface area (Å²) in [5.41, 5.74) is 3.19. The first-order valence-electron chi connectivity index (χ1n) is 6.34. The molecule has 2 unspecified atom stereocenters. The van der Waals surface area contributed by atoms with Crippen molar-refractivity contribution in [3.05, 3.63) is 63.6 Å². The first kappa shape index (κ1) is 12.7. The lowest BCUT2D eigenvalue weighted by atomic mass is 9.95. The number of benzene rings is 2. The zero-order valence-electron chi connectivity index (χ0n) is 10.6. The van der Waals surface area contributed by atoms with Gasteiger partial charge in [-0.1, -0.05) is 45.8 Å². The number of aliphatic hydroxyl groups is 1. The van der Waals surface area contributed by atoms with Gasteiger partial charge in [0.1, 0.15) is 11.9 Å². The summed E-state index contributed by atoms with van der Waals surface area (Å²) in [6.45, 7) is 2.06. The molecule has 2 aromatic carbocycles. The Labute approximate surface area is 121 Å². The van der Waals surface area contributed by atoms with E-state index < -0.39 is 6.10 Å². The second-order valence-corrected chi connectivity index (χ2v) is 5.87. The number of aryl methyl sites for hydroxylation is 1. The van der Waals surface area contributed by atoms with Crippen molar-refractivity contribution in [3.63, 3.8) is 0 Å². The number of ether oxygens (including phenoxy) is 1. The zero-order chi connectivity index (χ0) is 13.4. The molecule has 3 rings (SSSR count). The van der Waals surface area contributed by atoms with Crippen LogP contribution in [0.15, 0.2) is 46.9 Å². The molecule has 2 aromatic rings. The molecule has 1 aliphatic rings. The van der Waals surface area contributed by atoms with Gasteiger partial charge in [0.15, 0.2) is 0 Å². The maximum atomic E-state index is 10.3. The molecule has 0 saturated carbocycles. The first-order chi connectivity index (χ1) is 9.13. The minimum Gasteiger partial charge on any atom is -0.485 e. The summed E-state index contributed by atoms with van der Waals surface area (Å²) in [6, 6.07) is 14.0. The smallest absolute Gasteiger partial charge is 0.127 e. The lowest BCUT2D eigenvalue weighted by molar-refractivity contribution is 0.0657. The Balaban J connectivity index is 1.92. The van der Waals surface area contributed by atoms with Crippen LogP contribution in [0.3, 0.4) is 0 Å². The molecule has 2 atom stereocenters. The zero-order valence-corrected chi connectivity index (χ0v) is 12.2. The molecule has 0 spiro atoms. The summed E-state index contributed by atoms with van der Waals surface area (Å²) in [5, 5.41) is 10.3. The summed E-state index contributed by atoms with van der Waals surface area (Å²) in [7, 11) is 0. The molecule has 0 fully saturated rings. The Bertz CT molecular complexity index is 592. The highest BCUT2D eigenvalue weighted by atomic mass is 79.9. The van der Waals surface area contributed by atoms with Crippen LogP contribution < -0.4 is 4.74 Å². The van der Waals surface area contributed by atoms with Crippen LogP contribution in [0.4, 0.5) is 0 Å². The third-order valence-electron chi connectivity index (χ3n) is 3.49. The van der Waals surface area contributed by atoms with Crippen LogP contribution >= 0.6 is 15.9 Å². The van der Waals surface area contributed by atoms with Crippen molar-refractivity contribution >= 4 is 15.9 Å². The molecule has 2 nitrogen and oxygen atoms in total. The fourth-order valence-electron chi connectivity index (χ4n) is 2.40. The number of rotatable bonds is 1. The SMILES string of the molecule is Cc1ccc(C2CC(O)c3cc(Br)ccc3O2)cc1. The normalized spacial score (nSPS) is 21.6. The van der Waals surface area contributed by atoms with Gasteiger partial charge in [-0.15, -0.1) is 0 Å². The average molecular weight is 319 g/mol. The van der Waals surface area contributed by atoms with Crippen molar-refractivity contribution in [2.75, 3.05) is 0 Å². The largest absolute Gasteiger partial charge is 0.485 e. The number of hydrogen-bond donors (Lipinski definition) is 1. The van der Waals surface area contributed by atoms with Crippen LogP contribution in [0.25, 0.3) is 0 Å². The van der Waals surface area contributed by atoms with E-state index in [-0.39, 0.29) is 6.10 Å². The van der Waals surface area contributed by atoms with E-state index in [1.54, 1.807) is 0 Å². The standard InChI is InChI=1S/C16H15BrO2/c1-10-2-4-11(5-3-10)16-9-14(18)13-8-12(17)6-7-15(13)19-16/h2-8,14,16,18H,9H2,1H3. The van der Waals surface area contributed by atoms with Crippen molar-refractivity contribution in [3.8, 4) is 5.75 Å². The Kier molecular flexibility index (Phi) is 3.33. The minimum absolute atomic E-state index is 0.0794. The molecule has 1 heterocycles. The van der Waals surface area contributed by atoms with Gasteiger partial charge in [-0.3, -0.25) is 0 Å². The number of aliphatic hydroxyl groups excluding tert-OH is 1. The number of fused-ring (bicyclic) bond motifs is 1. The third-order valence-corrected chi connectivity index (χ3v) is 3.98. The highest BCUT2D eigenvalue weighted by molar-refractivity contribution is 9.10. The lowest BCUT2D eigenvalue weighted by Crippen LogP contribution is -2.19. The Morgan fingerprint density at radius 1 is 1.16 bits per heavy atom. The van der Waals surface area contributed by atoms with Gasteiger partial charge in [-0.25, -0.2) is 0 Å². The van der Waals surface area contributed by atoms with Gasteiger partial charge >= 0.3 is 0 Å². The third kappa shape index (κ3) is 2.53. The van der Waals surface area contributed by atoms with Crippen molar-refractivity contribution < 1.29 is 9.84 Å². The van der Waals surface area contributed by atoms with E-state index in [2.05, 4.69) is 47.1 Å². The van der Waals surface area contributed by atoms with E-state index in [4.69, 9.17) is 4.74 Å². The molecule has 98 valence electrons. The van der Waals surface area contributed by atoms with Crippen LogP contribution in [-0.4, -0.2) is 5.11 Å². The van der Waals surface area contributed by atoms with Crippen LogP contribution in [0.1, 0.15) is 35.3 Å². The maximum Gasteiger partial charge on any atom is 0.127 e. The Hall–Kier alpha value is -1.32. The topological polar surface area (TPSA) is 29.5 Å². The predicted octanol–water partition coefficient (Wildman–Crippen LogP) is 4.31. The van der Waals surface area contributed by atoms with Gasteiger partial charge in [0.25, 0.3) is 0 Å². The molecule has 19 heavy (non-hydrogen) atoms. The molecule has 0 saturated heterocycles. The molecule has 0 aromatic heterocycles. The van der Waals surface area contributed by atoms with E-state index in [9.17, 15) is 5.11 Å². The summed E-state index contributed by atoms with van der Waals surface area (Å²) < 4.78 is 6.96. The van der Waals surface area contributed by atoms with Crippen LogP contribution in [0, 0.1) is 6.92 Å². The maximum absolute atomic E-state index is 10.3. The van der Waals surface area contributed by atoms with Crippen LogP contribution in [-0.2, 0) is 0 Å². The van der Waals surface area contributed by atoms with E-state index in [1.807, 2.05) is 18.2 Å². The second-order valence-electron chi connectivity index (χ2n) is 4.95. The molecule has 1 aliphatic heterocycles. The molecule has 1 N–H and O–H groups in total. The molecular weight excluding hydrogens is 304 g/mol. The molecule has 0 bridgehead atoms. The van der Waals surface area contributed by atoms with E-state index >= 15 is 0 Å². The van der Waals surface area contributed by atoms with Crippen LogP contribution in [0.5, 0.6) is 5.75 Å². The second kappa shape index (κ2) is 4.99. The van der Waals surface area contributed by atoms with Gasteiger partial charge in [-0.2, -0.15) is 0 Å². The van der Waals surface area contributed by atoms with Gasteiger partial charge in [-0.05, 0) is 30.7 Å². The predicted molar refractivity (Wildman–Crippen MR) is 78.3 cm³/mol. The lowest BCUT2D eigenvalue weighted by Gasteiger charge is -2.30. The minimum atomic E-state index is -0.479. The van der Waals surface area contributed by atoms with E-state index in [0.29, 0.717) is 6.42 Å². The Morgan fingerprint density at radius 3 is 2.63 bits per heavy atom. The monoisotopic (exact) mass is 318 g/mol. The average Bonchev–Trinajstić information content (AvgIpc) is 2.40. The summed E-state index contributed by atoms with van der Waals surface area (Å²) >= 11 is 3.42. The van der Waals surface area contributed by atoms with E-state index in [0.717, 1.165) is 21.3 Å². The fraction of sp³-hybridized carbons (Fsp3) is 0.250. The number of halogens is 1. The van der Waals surface area contributed by atoms with Crippen LogP contribution in [0.2, 0.25) is 0 Å². The van der Waals surface area contributed by atoms with Gasteiger partial charge in [0, 0.05) is 16.5 Å². The molecule has 0 amide bonds. The molecular formula is C16H15BrO2. The van der Waals surface area contributed by atoms with Crippen molar-refractivity contribution in [1.29, 1.82) is 0 Å². The molecule has 0 radical (unpaired) electrons. The summed E-state index contributed by atoms with van der Waals surface area (Å²) in [6.07, 6.45) is 0.0313. The first-order valence-corrected chi connectivity index (χ1v) is 7.13. The van der Waals surface area contributed by atoms with Gasteiger partial charge in [0.05, 0.1) is 6.10 Å². The highest BCUT2D eigenvalue weighted by Crippen LogP contribution is 2.41. The van der Waals surface area contributed by atoms with Crippen molar-refractivity contribution in [2.45, 2.75) is 25.6 Å². The van der Waals surface area contributed by atoms with Gasteiger partial charge in [0.2, 0.25) is 0 Å². The quantitative estimate of drug-likeness (QED) is 0.848. The van der Waals surface area contributed by atoms with E-state index in [1.165, 1.54) is 5.56 Å². The highest BCUT2D eigenvalue weighted by Gasteiger charge is 2.27. The fourth-order valence-corrected chi connectivity index (χ4v) is 2.78. The molecule has 3 heteroatoms. The Morgan fingerprint density at radius 2 is 1.89 bits per heavy atom. The van der Waals surface area contributed by atoms with Gasteiger partial charge < -0.3 is 9.84 Å². The number of hydrogen-bond acceptors (Lipinski definition) is 2. The van der Waals surface area contributed by atoms with Crippen molar-refractivity contribution in [2.24, 2.45) is 0 Å². The summed E-state index contributed by atoms with van der Waals surface area (Å²) in [5.74, 6) is 0.771. The summed E-state index contributed by atoms with van der Waals surface area (Å²) in [4.78, 5) is 0.